The lowest BCUT2D eigenvalue weighted by molar-refractivity contribution is 0.0682. The van der Waals surface area contributed by atoms with Gasteiger partial charge in [0.05, 0.1) is 17.8 Å². The van der Waals surface area contributed by atoms with E-state index in [-0.39, 0.29) is 24.8 Å². The fourth-order valence-electron chi connectivity index (χ4n) is 4.80. The molecule has 0 radical (unpaired) electrons. The SMILES string of the molecule is CN1C(=O)c2ccc(-c3cnn(C)c3)cc2O[C@H]2CN(Cc3ccc4c(c3)OCO4)C[C@H]21. The number of hydrogen-bond acceptors (Lipinski definition) is 6. The fraction of sp³-hybridized carbons (Fsp3) is 0.333. The van der Waals surface area contributed by atoms with Crippen molar-refractivity contribution in [2.45, 2.75) is 18.7 Å². The highest BCUT2D eigenvalue weighted by Gasteiger charge is 2.42. The molecule has 0 spiro atoms. The molecule has 32 heavy (non-hydrogen) atoms. The summed E-state index contributed by atoms with van der Waals surface area (Å²) in [6.07, 6.45) is 3.68. The number of aryl methyl sites for hydroxylation is 1. The Kier molecular flexibility index (Phi) is 4.36. The smallest absolute Gasteiger partial charge is 0.257 e. The van der Waals surface area contributed by atoms with Gasteiger partial charge in [0.2, 0.25) is 6.79 Å². The Labute approximate surface area is 185 Å². The largest absolute Gasteiger partial charge is 0.486 e. The van der Waals surface area contributed by atoms with Crippen molar-refractivity contribution in [3.8, 4) is 28.4 Å². The number of carbonyl (C=O) groups excluding carboxylic acids is 1. The summed E-state index contributed by atoms with van der Waals surface area (Å²) in [5.41, 5.74) is 3.74. The summed E-state index contributed by atoms with van der Waals surface area (Å²) in [6, 6.07) is 11.8. The second kappa shape index (κ2) is 7.27. The van der Waals surface area contributed by atoms with Gasteiger partial charge in [-0.1, -0.05) is 12.1 Å². The number of likely N-dealkylation sites (tertiary alicyclic amines) is 1. The van der Waals surface area contributed by atoms with Crippen LogP contribution in [0.5, 0.6) is 17.2 Å². The van der Waals surface area contributed by atoms with Gasteiger partial charge in [0.1, 0.15) is 11.9 Å². The summed E-state index contributed by atoms with van der Waals surface area (Å²) in [5, 5.41) is 4.25. The van der Waals surface area contributed by atoms with Crippen molar-refractivity contribution in [1.29, 1.82) is 0 Å². The first-order valence-corrected chi connectivity index (χ1v) is 10.7. The molecule has 3 aliphatic rings. The molecule has 0 bridgehead atoms. The molecule has 1 aromatic heterocycles. The minimum Gasteiger partial charge on any atom is -0.486 e. The monoisotopic (exact) mass is 432 g/mol. The number of hydrogen-bond donors (Lipinski definition) is 0. The Morgan fingerprint density at radius 1 is 1.00 bits per heavy atom. The van der Waals surface area contributed by atoms with Crippen molar-refractivity contribution in [2.75, 3.05) is 26.9 Å². The maximum Gasteiger partial charge on any atom is 0.257 e. The second-order valence-corrected chi connectivity index (χ2v) is 8.64. The summed E-state index contributed by atoms with van der Waals surface area (Å²) >= 11 is 0. The number of aromatic nitrogens is 2. The maximum absolute atomic E-state index is 13.2. The first-order valence-electron chi connectivity index (χ1n) is 10.7. The molecule has 8 nitrogen and oxygen atoms in total. The van der Waals surface area contributed by atoms with Gasteiger partial charge in [0.25, 0.3) is 5.91 Å². The summed E-state index contributed by atoms with van der Waals surface area (Å²) in [6.45, 7) is 2.53. The molecule has 8 heteroatoms. The van der Waals surface area contributed by atoms with E-state index in [0.717, 1.165) is 47.8 Å². The highest BCUT2D eigenvalue weighted by atomic mass is 16.7. The lowest BCUT2D eigenvalue weighted by Gasteiger charge is -2.25. The van der Waals surface area contributed by atoms with Gasteiger partial charge in [0.15, 0.2) is 11.5 Å². The van der Waals surface area contributed by atoms with Crippen LogP contribution in [-0.2, 0) is 13.6 Å². The van der Waals surface area contributed by atoms with Gasteiger partial charge in [-0.3, -0.25) is 14.4 Å². The number of ether oxygens (including phenoxy) is 3. The number of benzene rings is 2. The van der Waals surface area contributed by atoms with E-state index < -0.39 is 0 Å². The molecule has 1 saturated heterocycles. The standard InChI is InChI=1S/C24H24N4O4/c1-26-11-17(9-25-26)16-4-5-18-21(8-16)32-23-13-28(12-19(23)27(2)24(18)29)10-15-3-6-20-22(7-15)31-14-30-20/h3-9,11,19,23H,10,12-14H2,1-2H3/t19-,23+/m1/s1. The van der Waals surface area contributed by atoms with Gasteiger partial charge in [-0.15, -0.1) is 0 Å². The van der Waals surface area contributed by atoms with Crippen LogP contribution in [0, 0.1) is 0 Å². The fourth-order valence-corrected chi connectivity index (χ4v) is 4.80. The predicted octanol–water partition coefficient (Wildman–Crippen LogP) is 2.53. The minimum absolute atomic E-state index is 0.00448. The van der Waals surface area contributed by atoms with E-state index in [9.17, 15) is 4.79 Å². The van der Waals surface area contributed by atoms with Gasteiger partial charge in [-0.05, 0) is 35.4 Å². The van der Waals surface area contributed by atoms with Gasteiger partial charge in [-0.2, -0.15) is 5.10 Å². The van der Waals surface area contributed by atoms with Gasteiger partial charge in [-0.25, -0.2) is 0 Å². The van der Waals surface area contributed by atoms with Crippen LogP contribution in [0.4, 0.5) is 0 Å². The number of fused-ring (bicyclic) bond motifs is 3. The van der Waals surface area contributed by atoms with Crippen molar-refractivity contribution in [3.05, 3.63) is 59.9 Å². The highest BCUT2D eigenvalue weighted by Crippen LogP contribution is 2.36. The Hall–Kier alpha value is -3.52. The van der Waals surface area contributed by atoms with E-state index in [1.54, 1.807) is 4.68 Å². The summed E-state index contributed by atoms with van der Waals surface area (Å²) in [4.78, 5) is 17.4. The molecule has 2 aromatic carbocycles. The third kappa shape index (κ3) is 3.18. The first kappa shape index (κ1) is 19.2. The van der Waals surface area contributed by atoms with E-state index in [2.05, 4.69) is 16.1 Å². The van der Waals surface area contributed by atoms with Gasteiger partial charge in [0, 0.05) is 45.5 Å². The van der Waals surface area contributed by atoms with Crippen LogP contribution in [0.3, 0.4) is 0 Å². The van der Waals surface area contributed by atoms with Crippen LogP contribution in [0.2, 0.25) is 0 Å². The molecule has 164 valence electrons. The molecule has 0 N–H and O–H groups in total. The second-order valence-electron chi connectivity index (χ2n) is 8.64. The van der Waals surface area contributed by atoms with Crippen LogP contribution < -0.4 is 14.2 Å². The molecular weight excluding hydrogens is 408 g/mol. The van der Waals surface area contributed by atoms with Crippen molar-refractivity contribution in [3.63, 3.8) is 0 Å². The molecule has 4 heterocycles. The van der Waals surface area contributed by atoms with Crippen LogP contribution in [0.15, 0.2) is 48.8 Å². The van der Waals surface area contributed by atoms with Gasteiger partial charge >= 0.3 is 0 Å². The Morgan fingerprint density at radius 3 is 2.72 bits per heavy atom. The van der Waals surface area contributed by atoms with Crippen LogP contribution >= 0.6 is 0 Å². The Bertz CT molecular complexity index is 1210. The van der Waals surface area contributed by atoms with Crippen LogP contribution in [-0.4, -0.2) is 64.6 Å². The predicted molar refractivity (Wildman–Crippen MR) is 117 cm³/mol. The Morgan fingerprint density at radius 2 is 1.88 bits per heavy atom. The molecule has 6 rings (SSSR count). The molecule has 1 fully saturated rings. The molecule has 1 amide bonds. The first-order chi connectivity index (χ1) is 15.5. The lowest BCUT2D eigenvalue weighted by atomic mass is 10.1. The van der Waals surface area contributed by atoms with E-state index in [0.29, 0.717) is 11.3 Å². The number of carbonyl (C=O) groups is 1. The number of nitrogens with zero attached hydrogens (tertiary/aromatic N) is 4. The third-order valence-electron chi connectivity index (χ3n) is 6.50. The van der Waals surface area contributed by atoms with Crippen molar-refractivity contribution in [2.24, 2.45) is 7.05 Å². The normalized spacial score (nSPS) is 21.8. The average molecular weight is 432 g/mol. The van der Waals surface area contributed by atoms with E-state index >= 15 is 0 Å². The van der Waals surface area contributed by atoms with Gasteiger partial charge < -0.3 is 19.1 Å². The molecule has 0 unspecified atom stereocenters. The zero-order valence-electron chi connectivity index (χ0n) is 18.0. The Balaban J connectivity index is 1.25. The molecule has 0 saturated carbocycles. The zero-order chi connectivity index (χ0) is 21.8. The number of rotatable bonds is 3. The van der Waals surface area contributed by atoms with E-state index in [1.807, 2.05) is 61.7 Å². The van der Waals surface area contributed by atoms with Crippen LogP contribution in [0.1, 0.15) is 15.9 Å². The summed E-state index contributed by atoms with van der Waals surface area (Å²) < 4.78 is 19.1. The van der Waals surface area contributed by atoms with Crippen molar-refractivity contribution >= 4 is 5.91 Å². The summed E-state index contributed by atoms with van der Waals surface area (Å²) in [5.74, 6) is 2.21. The zero-order valence-corrected chi connectivity index (χ0v) is 18.0. The third-order valence-corrected chi connectivity index (χ3v) is 6.50. The maximum atomic E-state index is 13.2. The van der Waals surface area contributed by atoms with E-state index in [4.69, 9.17) is 14.2 Å². The van der Waals surface area contributed by atoms with Crippen LogP contribution in [0.25, 0.3) is 11.1 Å². The summed E-state index contributed by atoms with van der Waals surface area (Å²) in [7, 11) is 3.76. The minimum atomic E-state index is -0.0941. The molecule has 3 aliphatic heterocycles. The number of likely N-dealkylation sites (N-methyl/N-ethyl adjacent to an activating group) is 1. The molecule has 3 aromatic rings. The average Bonchev–Trinajstić information content (AvgIpc) is 3.51. The molecular formula is C24H24N4O4. The molecule has 2 atom stereocenters. The topological polar surface area (TPSA) is 69.1 Å². The number of amides is 1. The lowest BCUT2D eigenvalue weighted by Crippen LogP contribution is -2.44. The molecule has 0 aliphatic carbocycles. The van der Waals surface area contributed by atoms with E-state index in [1.165, 1.54) is 0 Å². The quantitative estimate of drug-likeness (QED) is 0.634. The highest BCUT2D eigenvalue weighted by molar-refractivity contribution is 5.98. The van der Waals surface area contributed by atoms with Crippen molar-refractivity contribution in [1.82, 2.24) is 19.6 Å². The van der Waals surface area contributed by atoms with Crippen molar-refractivity contribution < 1.29 is 19.0 Å².